The number of para-hydroxylation sites is 2. The van der Waals surface area contributed by atoms with E-state index in [0.29, 0.717) is 39.6 Å². The highest BCUT2D eigenvalue weighted by Crippen LogP contribution is 2.35. The number of carbonyl (C=O) groups excluding carboxylic acids is 2. The lowest BCUT2D eigenvalue weighted by Crippen LogP contribution is -2.23. The van der Waals surface area contributed by atoms with Crippen molar-refractivity contribution in [1.29, 1.82) is 0 Å². The Balaban J connectivity index is 1.63. The molecule has 0 saturated carbocycles. The molecule has 0 atom stereocenters. The van der Waals surface area contributed by atoms with Crippen LogP contribution in [0.3, 0.4) is 0 Å². The molecule has 0 saturated heterocycles. The Bertz CT molecular complexity index is 1150. The third-order valence-corrected chi connectivity index (χ3v) is 4.56. The van der Waals surface area contributed by atoms with Gasteiger partial charge >= 0.3 is 5.97 Å². The third-order valence-electron chi connectivity index (χ3n) is 4.56. The van der Waals surface area contributed by atoms with E-state index in [1.807, 2.05) is 18.2 Å². The summed E-state index contributed by atoms with van der Waals surface area (Å²) in [5, 5.41) is 2.80. The van der Waals surface area contributed by atoms with Crippen molar-refractivity contribution in [3.8, 4) is 17.2 Å². The fourth-order valence-electron chi connectivity index (χ4n) is 3.11. The molecule has 0 bridgehead atoms. The standard InChI is InChI=1S/C24H19NO5/c1-15-12-16(14-21-23(26)25-18-10-6-7-11-19(18)29-21)13-20(28-2)22(15)30-24(27)17-8-4-3-5-9-17/h3-14H,1-2H3,(H,25,26). The molecule has 0 aromatic heterocycles. The molecule has 6 heteroatoms. The fourth-order valence-corrected chi connectivity index (χ4v) is 3.11. The van der Waals surface area contributed by atoms with Gasteiger partial charge in [0.05, 0.1) is 18.4 Å². The maximum Gasteiger partial charge on any atom is 0.343 e. The summed E-state index contributed by atoms with van der Waals surface area (Å²) in [5.74, 6) is 0.611. The number of anilines is 1. The molecule has 3 aromatic carbocycles. The van der Waals surface area contributed by atoms with Gasteiger partial charge in [0.25, 0.3) is 5.91 Å². The smallest absolute Gasteiger partial charge is 0.343 e. The second kappa shape index (κ2) is 8.13. The topological polar surface area (TPSA) is 73.9 Å². The number of benzene rings is 3. The Morgan fingerprint density at radius 3 is 2.53 bits per heavy atom. The molecular formula is C24H19NO5. The highest BCUT2D eigenvalue weighted by molar-refractivity contribution is 6.08. The molecule has 4 rings (SSSR count). The largest absolute Gasteiger partial charge is 0.493 e. The number of methoxy groups -OCH3 is 1. The molecule has 1 aliphatic rings. The van der Waals surface area contributed by atoms with Crippen LogP contribution >= 0.6 is 0 Å². The summed E-state index contributed by atoms with van der Waals surface area (Å²) in [4.78, 5) is 24.8. The van der Waals surface area contributed by atoms with Gasteiger partial charge in [-0.3, -0.25) is 4.79 Å². The van der Waals surface area contributed by atoms with Gasteiger partial charge in [-0.1, -0.05) is 30.3 Å². The van der Waals surface area contributed by atoms with Gasteiger partial charge in [-0.05, 0) is 60.5 Å². The SMILES string of the molecule is COc1cc(C=C2Oc3ccccc3NC2=O)cc(C)c1OC(=O)c1ccccc1. The van der Waals surface area contributed by atoms with Crippen molar-refractivity contribution in [1.82, 2.24) is 0 Å². The lowest BCUT2D eigenvalue weighted by atomic mass is 10.1. The fraction of sp³-hybridized carbons (Fsp3) is 0.0833. The zero-order chi connectivity index (χ0) is 21.1. The summed E-state index contributed by atoms with van der Waals surface area (Å²) in [6, 6.07) is 19.4. The highest BCUT2D eigenvalue weighted by Gasteiger charge is 2.22. The summed E-state index contributed by atoms with van der Waals surface area (Å²) in [5.41, 5.74) is 2.42. The Hall–Kier alpha value is -4.06. The molecule has 0 fully saturated rings. The number of amides is 1. The van der Waals surface area contributed by atoms with Gasteiger partial charge in [0.1, 0.15) is 0 Å². The molecule has 1 N–H and O–H groups in total. The van der Waals surface area contributed by atoms with Gasteiger partial charge in [0, 0.05) is 0 Å². The van der Waals surface area contributed by atoms with E-state index in [2.05, 4.69) is 5.32 Å². The van der Waals surface area contributed by atoms with Crippen LogP contribution in [0.5, 0.6) is 17.2 Å². The number of hydrogen-bond donors (Lipinski definition) is 1. The summed E-state index contributed by atoms with van der Waals surface area (Å²) < 4.78 is 16.7. The van der Waals surface area contributed by atoms with E-state index in [1.54, 1.807) is 61.5 Å². The van der Waals surface area contributed by atoms with Gasteiger partial charge < -0.3 is 19.5 Å². The molecule has 0 unspecified atom stereocenters. The van der Waals surface area contributed by atoms with Crippen LogP contribution in [0.2, 0.25) is 0 Å². The maximum atomic E-state index is 12.4. The summed E-state index contributed by atoms with van der Waals surface area (Å²) in [6.07, 6.45) is 1.61. The van der Waals surface area contributed by atoms with Crippen LogP contribution in [0.1, 0.15) is 21.5 Å². The number of ether oxygens (including phenoxy) is 3. The minimum Gasteiger partial charge on any atom is -0.493 e. The third kappa shape index (κ3) is 3.89. The van der Waals surface area contributed by atoms with Crippen molar-refractivity contribution in [2.24, 2.45) is 0 Å². The quantitative estimate of drug-likeness (QED) is 0.393. The molecule has 0 spiro atoms. The molecule has 3 aromatic rings. The molecule has 30 heavy (non-hydrogen) atoms. The van der Waals surface area contributed by atoms with Crippen molar-refractivity contribution >= 4 is 23.6 Å². The van der Waals surface area contributed by atoms with Crippen LogP contribution in [0.25, 0.3) is 6.08 Å². The van der Waals surface area contributed by atoms with Gasteiger partial charge in [-0.2, -0.15) is 0 Å². The molecule has 1 heterocycles. The Labute approximate surface area is 173 Å². The van der Waals surface area contributed by atoms with Crippen molar-refractivity contribution in [3.63, 3.8) is 0 Å². The summed E-state index contributed by atoms with van der Waals surface area (Å²) >= 11 is 0. The van der Waals surface area contributed by atoms with Gasteiger partial charge in [-0.15, -0.1) is 0 Å². The van der Waals surface area contributed by atoms with E-state index >= 15 is 0 Å². The Kier molecular flexibility index (Phi) is 5.22. The summed E-state index contributed by atoms with van der Waals surface area (Å²) in [7, 11) is 1.49. The van der Waals surface area contributed by atoms with Crippen molar-refractivity contribution in [2.45, 2.75) is 6.92 Å². The second-order valence-electron chi connectivity index (χ2n) is 6.69. The molecule has 1 aliphatic heterocycles. The molecule has 0 radical (unpaired) electrons. The molecular weight excluding hydrogens is 382 g/mol. The number of carbonyl (C=O) groups is 2. The zero-order valence-corrected chi connectivity index (χ0v) is 16.5. The van der Waals surface area contributed by atoms with E-state index in [9.17, 15) is 9.59 Å². The van der Waals surface area contributed by atoms with Crippen molar-refractivity contribution in [3.05, 3.63) is 89.2 Å². The first-order chi connectivity index (χ1) is 14.5. The van der Waals surface area contributed by atoms with E-state index in [-0.39, 0.29) is 11.7 Å². The van der Waals surface area contributed by atoms with Crippen molar-refractivity contribution < 1.29 is 23.8 Å². The number of esters is 1. The van der Waals surface area contributed by atoms with Crippen LogP contribution in [0.4, 0.5) is 5.69 Å². The van der Waals surface area contributed by atoms with E-state index in [0.717, 1.165) is 0 Å². The van der Waals surface area contributed by atoms with Crippen LogP contribution < -0.4 is 19.5 Å². The van der Waals surface area contributed by atoms with E-state index < -0.39 is 5.97 Å². The minimum atomic E-state index is -0.477. The Morgan fingerprint density at radius 1 is 1.03 bits per heavy atom. The minimum absolute atomic E-state index is 0.157. The zero-order valence-electron chi connectivity index (χ0n) is 16.5. The Morgan fingerprint density at radius 2 is 1.77 bits per heavy atom. The van der Waals surface area contributed by atoms with E-state index in [1.165, 1.54) is 7.11 Å². The van der Waals surface area contributed by atoms with Crippen LogP contribution in [0, 0.1) is 6.92 Å². The number of rotatable bonds is 4. The first-order valence-electron chi connectivity index (χ1n) is 9.31. The average molecular weight is 401 g/mol. The van der Waals surface area contributed by atoms with Gasteiger partial charge in [0.15, 0.2) is 23.0 Å². The molecule has 0 aliphatic carbocycles. The van der Waals surface area contributed by atoms with E-state index in [4.69, 9.17) is 14.2 Å². The normalized spacial score (nSPS) is 13.8. The maximum absolute atomic E-state index is 12.4. The number of fused-ring (bicyclic) bond motifs is 1. The summed E-state index contributed by atoms with van der Waals surface area (Å²) in [6.45, 7) is 1.80. The van der Waals surface area contributed by atoms with Crippen molar-refractivity contribution in [2.75, 3.05) is 12.4 Å². The average Bonchev–Trinajstić information content (AvgIpc) is 2.76. The van der Waals surface area contributed by atoms with Crippen LogP contribution in [-0.2, 0) is 4.79 Å². The predicted molar refractivity (Wildman–Crippen MR) is 113 cm³/mol. The molecule has 1 amide bonds. The lowest BCUT2D eigenvalue weighted by molar-refractivity contribution is -0.115. The lowest BCUT2D eigenvalue weighted by Gasteiger charge is -2.20. The predicted octanol–water partition coefficient (Wildman–Crippen LogP) is 4.59. The molecule has 6 nitrogen and oxygen atoms in total. The number of aryl methyl sites for hydroxylation is 1. The van der Waals surface area contributed by atoms with Gasteiger partial charge in [-0.25, -0.2) is 4.79 Å². The van der Waals surface area contributed by atoms with Gasteiger partial charge in [0.2, 0.25) is 0 Å². The first kappa shape index (κ1) is 19.3. The monoisotopic (exact) mass is 401 g/mol. The highest BCUT2D eigenvalue weighted by atomic mass is 16.6. The van der Waals surface area contributed by atoms with Crippen LogP contribution in [0.15, 0.2) is 72.5 Å². The second-order valence-corrected chi connectivity index (χ2v) is 6.69. The van der Waals surface area contributed by atoms with Crippen LogP contribution in [-0.4, -0.2) is 19.0 Å². The molecule has 150 valence electrons. The number of hydrogen-bond acceptors (Lipinski definition) is 5. The number of nitrogens with one attached hydrogen (secondary N) is 1. The first-order valence-corrected chi connectivity index (χ1v) is 9.31.